The zero-order valence-corrected chi connectivity index (χ0v) is 8.83. The van der Waals surface area contributed by atoms with Crippen LogP contribution in [0.4, 0.5) is 0 Å². The molecule has 1 aromatic heterocycles. The van der Waals surface area contributed by atoms with Crippen LogP contribution in [0.5, 0.6) is 0 Å². The summed E-state index contributed by atoms with van der Waals surface area (Å²) in [6.45, 7) is 1.79. The maximum atomic E-state index is 11.9. The molecule has 16 heavy (non-hydrogen) atoms. The lowest BCUT2D eigenvalue weighted by Gasteiger charge is -2.28. The molecule has 2 rings (SSSR count). The molecule has 0 fully saturated rings. The number of carbonyl (C=O) groups excluding carboxylic acids is 1. The molecule has 1 atom stereocenters. The Kier molecular flexibility index (Phi) is 2.88. The summed E-state index contributed by atoms with van der Waals surface area (Å²) in [6.07, 6.45) is 7.06. The first-order valence-corrected chi connectivity index (χ1v) is 5.07. The Balaban J connectivity index is 2.04. The van der Waals surface area contributed by atoms with Gasteiger partial charge < -0.3 is 15.2 Å². The van der Waals surface area contributed by atoms with Crippen molar-refractivity contribution < 1.29 is 4.79 Å². The number of terminal acetylenes is 1. The Bertz CT molecular complexity index is 433. The van der Waals surface area contributed by atoms with Crippen LogP contribution in [-0.2, 0) is 17.9 Å². The third-order valence-corrected chi connectivity index (χ3v) is 2.61. The predicted octanol–water partition coefficient (Wildman–Crippen LogP) is -1.03. The van der Waals surface area contributed by atoms with Gasteiger partial charge in [0.05, 0.1) is 12.6 Å². The van der Waals surface area contributed by atoms with E-state index in [4.69, 9.17) is 12.2 Å². The van der Waals surface area contributed by atoms with Crippen LogP contribution in [0.15, 0.2) is 6.33 Å². The van der Waals surface area contributed by atoms with Gasteiger partial charge in [0.15, 0.2) is 5.82 Å². The first-order chi connectivity index (χ1) is 7.72. The van der Waals surface area contributed by atoms with Crippen molar-refractivity contribution in [3.8, 4) is 12.3 Å². The number of hydrogen-bond acceptors (Lipinski definition) is 4. The van der Waals surface area contributed by atoms with Crippen molar-refractivity contribution in [2.24, 2.45) is 5.73 Å². The number of carbonyl (C=O) groups is 1. The third-order valence-electron chi connectivity index (χ3n) is 2.61. The molecule has 84 valence electrons. The van der Waals surface area contributed by atoms with Crippen molar-refractivity contribution in [3.63, 3.8) is 0 Å². The third kappa shape index (κ3) is 1.90. The predicted molar refractivity (Wildman–Crippen MR) is 56.9 cm³/mol. The summed E-state index contributed by atoms with van der Waals surface area (Å²) in [6, 6.07) is -0.612. The number of fused-ring (bicyclic) bond motifs is 1. The lowest BCUT2D eigenvalue weighted by Crippen LogP contribution is -2.46. The van der Waals surface area contributed by atoms with Gasteiger partial charge in [-0.2, -0.15) is 0 Å². The summed E-state index contributed by atoms with van der Waals surface area (Å²) in [7, 11) is 0. The fourth-order valence-corrected chi connectivity index (χ4v) is 1.70. The minimum Gasteiger partial charge on any atom is -0.332 e. The van der Waals surface area contributed by atoms with Crippen LogP contribution in [-0.4, -0.2) is 38.2 Å². The van der Waals surface area contributed by atoms with Crippen LogP contribution in [0, 0.1) is 12.3 Å². The van der Waals surface area contributed by atoms with Crippen LogP contribution < -0.4 is 5.73 Å². The highest BCUT2D eigenvalue weighted by Gasteiger charge is 2.25. The van der Waals surface area contributed by atoms with Crippen LogP contribution in [0.1, 0.15) is 12.2 Å². The maximum absolute atomic E-state index is 11.9. The summed E-state index contributed by atoms with van der Waals surface area (Å²) >= 11 is 0. The Morgan fingerprint density at radius 1 is 1.69 bits per heavy atom. The van der Waals surface area contributed by atoms with E-state index in [9.17, 15) is 4.79 Å². The van der Waals surface area contributed by atoms with Gasteiger partial charge in [0.25, 0.3) is 0 Å². The molecule has 1 aliphatic heterocycles. The van der Waals surface area contributed by atoms with Crippen molar-refractivity contribution in [2.75, 3.05) is 6.54 Å². The van der Waals surface area contributed by atoms with E-state index in [0.29, 0.717) is 19.6 Å². The molecule has 1 aliphatic rings. The Labute approximate surface area is 93.4 Å². The van der Waals surface area contributed by atoms with Gasteiger partial charge in [0.1, 0.15) is 6.33 Å². The second kappa shape index (κ2) is 4.33. The van der Waals surface area contributed by atoms with E-state index in [2.05, 4.69) is 16.1 Å². The SMILES string of the molecule is C#CCC(N)C(=O)N1CCn2cnnc2C1. The molecule has 0 spiro atoms. The normalized spacial score (nSPS) is 16.4. The summed E-state index contributed by atoms with van der Waals surface area (Å²) in [4.78, 5) is 13.5. The van der Waals surface area contributed by atoms with Gasteiger partial charge in [0.2, 0.25) is 5.91 Å². The van der Waals surface area contributed by atoms with Crippen LogP contribution in [0.3, 0.4) is 0 Å². The zero-order valence-electron chi connectivity index (χ0n) is 8.83. The maximum Gasteiger partial charge on any atom is 0.240 e. The molecule has 2 N–H and O–H groups in total. The van der Waals surface area contributed by atoms with E-state index < -0.39 is 6.04 Å². The molecule has 0 bridgehead atoms. The molecule has 0 saturated heterocycles. The number of amides is 1. The van der Waals surface area contributed by atoms with E-state index in [1.807, 2.05) is 4.57 Å². The minimum atomic E-state index is -0.612. The van der Waals surface area contributed by atoms with Crippen molar-refractivity contribution in [3.05, 3.63) is 12.2 Å². The van der Waals surface area contributed by atoms with Gasteiger partial charge in [-0.25, -0.2) is 0 Å². The zero-order chi connectivity index (χ0) is 11.5. The molecular weight excluding hydrogens is 206 g/mol. The first kappa shape index (κ1) is 10.6. The summed E-state index contributed by atoms with van der Waals surface area (Å²) in [5.41, 5.74) is 5.68. The number of nitrogens with two attached hydrogens (primary N) is 1. The average molecular weight is 219 g/mol. The smallest absolute Gasteiger partial charge is 0.240 e. The lowest BCUT2D eigenvalue weighted by molar-refractivity contribution is -0.134. The number of hydrogen-bond donors (Lipinski definition) is 1. The van der Waals surface area contributed by atoms with Crippen LogP contribution in [0.25, 0.3) is 0 Å². The highest BCUT2D eigenvalue weighted by atomic mass is 16.2. The van der Waals surface area contributed by atoms with Gasteiger partial charge in [-0.05, 0) is 0 Å². The molecule has 0 aliphatic carbocycles. The average Bonchev–Trinajstić information content (AvgIpc) is 2.75. The molecule has 1 unspecified atom stereocenters. The Morgan fingerprint density at radius 3 is 3.25 bits per heavy atom. The molecule has 2 heterocycles. The Hall–Kier alpha value is -1.87. The van der Waals surface area contributed by atoms with Gasteiger partial charge in [0, 0.05) is 19.5 Å². The molecule has 0 aromatic carbocycles. The molecule has 0 saturated carbocycles. The van der Waals surface area contributed by atoms with E-state index in [1.165, 1.54) is 0 Å². The first-order valence-electron chi connectivity index (χ1n) is 5.07. The fourth-order valence-electron chi connectivity index (χ4n) is 1.70. The molecule has 1 amide bonds. The summed E-state index contributed by atoms with van der Waals surface area (Å²) in [5, 5.41) is 7.72. The van der Waals surface area contributed by atoms with Crippen LogP contribution >= 0.6 is 0 Å². The molecular formula is C10H13N5O. The van der Waals surface area contributed by atoms with Gasteiger partial charge >= 0.3 is 0 Å². The molecule has 1 aromatic rings. The molecule has 6 heteroatoms. The van der Waals surface area contributed by atoms with E-state index in [0.717, 1.165) is 5.82 Å². The molecule has 6 nitrogen and oxygen atoms in total. The number of aromatic nitrogens is 3. The van der Waals surface area contributed by atoms with Gasteiger partial charge in [-0.3, -0.25) is 4.79 Å². The van der Waals surface area contributed by atoms with Crippen molar-refractivity contribution >= 4 is 5.91 Å². The highest BCUT2D eigenvalue weighted by molar-refractivity contribution is 5.82. The highest BCUT2D eigenvalue weighted by Crippen LogP contribution is 2.10. The number of nitrogens with zero attached hydrogens (tertiary/aromatic N) is 4. The van der Waals surface area contributed by atoms with Crippen LogP contribution in [0.2, 0.25) is 0 Å². The standard InChI is InChI=1S/C10H13N5O/c1-2-3-8(11)10(16)14-4-5-15-7-12-13-9(15)6-14/h1,7-8H,3-6,11H2. The van der Waals surface area contributed by atoms with Crippen molar-refractivity contribution in [1.29, 1.82) is 0 Å². The quantitative estimate of drug-likeness (QED) is 0.645. The molecule has 0 radical (unpaired) electrons. The van der Waals surface area contributed by atoms with Crippen molar-refractivity contribution in [1.82, 2.24) is 19.7 Å². The second-order valence-electron chi connectivity index (χ2n) is 3.72. The van der Waals surface area contributed by atoms with E-state index >= 15 is 0 Å². The van der Waals surface area contributed by atoms with E-state index in [1.54, 1.807) is 11.2 Å². The van der Waals surface area contributed by atoms with Gasteiger partial charge in [-0.15, -0.1) is 22.5 Å². The van der Waals surface area contributed by atoms with Crippen molar-refractivity contribution in [2.45, 2.75) is 25.6 Å². The van der Waals surface area contributed by atoms with Gasteiger partial charge in [-0.1, -0.05) is 0 Å². The minimum absolute atomic E-state index is 0.118. The van der Waals surface area contributed by atoms with E-state index in [-0.39, 0.29) is 12.3 Å². The topological polar surface area (TPSA) is 77.0 Å². The lowest BCUT2D eigenvalue weighted by atomic mass is 10.2. The summed E-state index contributed by atoms with van der Waals surface area (Å²) in [5.74, 6) is 3.06. The summed E-state index contributed by atoms with van der Waals surface area (Å²) < 4.78 is 1.93. The Morgan fingerprint density at radius 2 is 2.50 bits per heavy atom. The monoisotopic (exact) mass is 219 g/mol. The fraction of sp³-hybridized carbons (Fsp3) is 0.500. The largest absolute Gasteiger partial charge is 0.332 e. The number of rotatable bonds is 2. The second-order valence-corrected chi connectivity index (χ2v) is 3.72.